The summed E-state index contributed by atoms with van der Waals surface area (Å²) in [6.07, 6.45) is -2.32. The van der Waals surface area contributed by atoms with Crippen molar-refractivity contribution in [3.63, 3.8) is 0 Å². The number of carbonyl (C=O) groups excluding carboxylic acids is 1. The Morgan fingerprint density at radius 3 is 2.54 bits per heavy atom. The van der Waals surface area contributed by atoms with Crippen molar-refractivity contribution < 1.29 is 32.9 Å². The van der Waals surface area contributed by atoms with Crippen molar-refractivity contribution in [1.29, 1.82) is 0 Å². The molecule has 0 aromatic heterocycles. The van der Waals surface area contributed by atoms with Crippen LogP contribution in [0.4, 0.5) is 13.2 Å². The van der Waals surface area contributed by atoms with Crippen LogP contribution in [0.1, 0.15) is 38.2 Å². The normalized spacial score (nSPS) is 17.3. The molecular weight excluding hydrogens is 464 g/mol. The molecule has 0 saturated heterocycles. The van der Waals surface area contributed by atoms with E-state index >= 15 is 0 Å². The quantitative estimate of drug-likeness (QED) is 0.573. The number of aliphatic hydroxyl groups is 1. The number of alkyl halides is 3. The number of ether oxygens (including phenoxy) is 1. The fourth-order valence-electron chi connectivity index (χ4n) is 2.72. The Labute approximate surface area is 162 Å². The molecule has 1 aromatic carbocycles. The number of ketones is 1. The summed E-state index contributed by atoms with van der Waals surface area (Å²) < 4.78 is 44.2. The molecule has 0 fully saturated rings. The third kappa shape index (κ3) is 4.72. The van der Waals surface area contributed by atoms with Gasteiger partial charge in [0.05, 0.1) is 10.2 Å². The number of benzene rings is 1. The van der Waals surface area contributed by atoms with Crippen molar-refractivity contribution in [1.82, 2.24) is 0 Å². The minimum atomic E-state index is -5.02. The highest BCUT2D eigenvalue weighted by Crippen LogP contribution is 2.36. The summed E-state index contributed by atoms with van der Waals surface area (Å²) in [5, 5.41) is 20.3. The number of Topliss-reactive ketones (excluding diaryl/α,β-unsaturated/α-hetero) is 1. The van der Waals surface area contributed by atoms with Crippen LogP contribution in [0.15, 0.2) is 29.0 Å². The summed E-state index contributed by atoms with van der Waals surface area (Å²) >= 11 is 1.91. The first-order chi connectivity index (χ1) is 12.1. The molecule has 1 aliphatic rings. The molecule has 26 heavy (non-hydrogen) atoms. The molecule has 0 spiro atoms. The minimum absolute atomic E-state index is 0.0248. The fourth-order valence-corrected chi connectivity index (χ4v) is 3.35. The molecule has 0 unspecified atom stereocenters. The minimum Gasteiger partial charge on any atom is -0.507 e. The van der Waals surface area contributed by atoms with Crippen molar-refractivity contribution in [2.45, 2.75) is 38.8 Å². The molecule has 2 rings (SSSR count). The van der Waals surface area contributed by atoms with Crippen molar-refractivity contribution in [3.05, 3.63) is 38.2 Å². The Hall–Kier alpha value is -1.71. The van der Waals surface area contributed by atoms with Gasteiger partial charge in [-0.2, -0.15) is 13.2 Å². The van der Waals surface area contributed by atoms with Gasteiger partial charge in [-0.3, -0.25) is 4.79 Å². The molecule has 0 bridgehead atoms. The van der Waals surface area contributed by atoms with Gasteiger partial charge in [-0.25, -0.2) is 0 Å². The monoisotopic (exact) mass is 482 g/mol. The van der Waals surface area contributed by atoms with Gasteiger partial charge in [-0.05, 0) is 84.5 Å². The number of carbonyl (C=O) groups is 1. The van der Waals surface area contributed by atoms with Gasteiger partial charge in [0.2, 0.25) is 0 Å². The molecule has 0 amide bonds. The van der Waals surface area contributed by atoms with Crippen molar-refractivity contribution >= 4 is 34.5 Å². The predicted octanol–water partition coefficient (Wildman–Crippen LogP) is 5.30. The summed E-state index contributed by atoms with van der Waals surface area (Å²) in [5.41, 5.74) is 0.219. The molecular formula is C18H18F3IO4. The number of phenolic OH excluding ortho intramolecular Hbond substituents is 1. The van der Waals surface area contributed by atoms with E-state index in [2.05, 4.69) is 0 Å². The van der Waals surface area contributed by atoms with Crippen LogP contribution >= 0.6 is 22.6 Å². The summed E-state index contributed by atoms with van der Waals surface area (Å²) in [5.74, 6) is -2.39. The van der Waals surface area contributed by atoms with E-state index in [1.807, 2.05) is 22.6 Å². The molecule has 1 aromatic rings. The Morgan fingerprint density at radius 2 is 1.92 bits per heavy atom. The van der Waals surface area contributed by atoms with Gasteiger partial charge < -0.3 is 14.9 Å². The third-order valence-corrected chi connectivity index (χ3v) is 4.76. The van der Waals surface area contributed by atoms with E-state index in [4.69, 9.17) is 4.74 Å². The lowest BCUT2D eigenvalue weighted by Crippen LogP contribution is -2.25. The van der Waals surface area contributed by atoms with Gasteiger partial charge >= 0.3 is 6.18 Å². The van der Waals surface area contributed by atoms with E-state index in [1.54, 1.807) is 13.0 Å². The molecule has 142 valence electrons. The first kappa shape index (κ1) is 20.6. The number of rotatable bonds is 4. The largest absolute Gasteiger partial charge is 0.507 e. The topological polar surface area (TPSA) is 66.8 Å². The van der Waals surface area contributed by atoms with Gasteiger partial charge in [0.1, 0.15) is 5.76 Å². The van der Waals surface area contributed by atoms with Crippen LogP contribution in [0.25, 0.3) is 6.08 Å². The zero-order valence-corrected chi connectivity index (χ0v) is 16.1. The zero-order chi connectivity index (χ0) is 19.5. The number of halogens is 4. The third-order valence-electron chi connectivity index (χ3n) is 3.94. The smallest absolute Gasteiger partial charge is 0.454 e. The number of aromatic hydroxyl groups is 1. The number of hydrogen-bond donors (Lipinski definition) is 2. The van der Waals surface area contributed by atoms with Crippen molar-refractivity contribution in [2.24, 2.45) is 0 Å². The lowest BCUT2D eigenvalue weighted by atomic mass is 10.0. The van der Waals surface area contributed by atoms with Gasteiger partial charge in [-0.1, -0.05) is 0 Å². The van der Waals surface area contributed by atoms with E-state index in [1.165, 1.54) is 12.1 Å². The first-order valence-electron chi connectivity index (χ1n) is 8.05. The standard InChI is InChI=1S/C18H18F3IO4/c1-2-26-14-9-10(8-13(22)16(14)24)7-11-5-3-4-6-12(15(11)23)17(25)18(19,20)21/h7-9,23-24H,2-6H2,1H3/b11-7+. The highest BCUT2D eigenvalue weighted by atomic mass is 127. The van der Waals surface area contributed by atoms with E-state index in [-0.39, 0.29) is 23.5 Å². The van der Waals surface area contributed by atoms with Crippen LogP contribution in [0, 0.1) is 3.57 Å². The van der Waals surface area contributed by atoms with Crippen molar-refractivity contribution in [3.8, 4) is 11.5 Å². The van der Waals surface area contributed by atoms with Crippen molar-refractivity contribution in [2.75, 3.05) is 6.61 Å². The predicted molar refractivity (Wildman–Crippen MR) is 99.2 cm³/mol. The summed E-state index contributed by atoms with van der Waals surface area (Å²) in [6, 6.07) is 3.16. The summed E-state index contributed by atoms with van der Waals surface area (Å²) in [7, 11) is 0. The number of hydrogen-bond acceptors (Lipinski definition) is 4. The molecule has 4 nitrogen and oxygen atoms in total. The molecule has 0 heterocycles. The van der Waals surface area contributed by atoms with Gasteiger partial charge in [0.25, 0.3) is 5.78 Å². The average Bonchev–Trinajstić information content (AvgIpc) is 2.73. The molecule has 1 aliphatic carbocycles. The Morgan fingerprint density at radius 1 is 1.27 bits per heavy atom. The highest BCUT2D eigenvalue weighted by Gasteiger charge is 2.42. The van der Waals surface area contributed by atoms with Gasteiger partial charge in [0.15, 0.2) is 11.5 Å². The molecule has 2 N–H and O–H groups in total. The Kier molecular flexibility index (Phi) is 6.59. The molecule has 0 aliphatic heterocycles. The Balaban J connectivity index is 2.50. The molecule has 0 atom stereocenters. The number of phenols is 1. The summed E-state index contributed by atoms with van der Waals surface area (Å²) in [4.78, 5) is 11.6. The lowest BCUT2D eigenvalue weighted by Gasteiger charge is -2.12. The number of allylic oxidation sites excluding steroid dienone is 2. The fraction of sp³-hybridized carbons (Fsp3) is 0.389. The lowest BCUT2D eigenvalue weighted by molar-refractivity contribution is -0.166. The van der Waals surface area contributed by atoms with E-state index < -0.39 is 23.3 Å². The summed E-state index contributed by atoms with van der Waals surface area (Å²) in [6.45, 7) is 2.09. The van der Waals surface area contributed by atoms with Crippen LogP contribution < -0.4 is 4.74 Å². The van der Waals surface area contributed by atoms with E-state index in [0.717, 1.165) is 0 Å². The maximum absolute atomic E-state index is 12.8. The molecule has 8 heteroatoms. The second-order valence-corrected chi connectivity index (χ2v) is 6.98. The van der Waals surface area contributed by atoms with Crippen LogP contribution in [0.2, 0.25) is 0 Å². The molecule has 0 saturated carbocycles. The van der Waals surface area contributed by atoms with Crippen LogP contribution in [-0.2, 0) is 4.79 Å². The number of aliphatic hydroxyl groups excluding tert-OH is 1. The van der Waals surface area contributed by atoms with E-state index in [0.29, 0.717) is 35.0 Å². The highest BCUT2D eigenvalue weighted by molar-refractivity contribution is 14.1. The van der Waals surface area contributed by atoms with Crippen LogP contribution in [0.5, 0.6) is 11.5 Å². The van der Waals surface area contributed by atoms with E-state index in [9.17, 15) is 28.2 Å². The Bertz CT molecular complexity index is 766. The molecule has 0 radical (unpaired) electrons. The maximum Gasteiger partial charge on any atom is 0.454 e. The van der Waals surface area contributed by atoms with Crippen LogP contribution in [0.3, 0.4) is 0 Å². The van der Waals surface area contributed by atoms with Crippen LogP contribution in [-0.4, -0.2) is 28.8 Å². The van der Waals surface area contributed by atoms with Gasteiger partial charge in [-0.15, -0.1) is 0 Å². The SMILES string of the molecule is CCOc1cc(/C=C2\CCCCC(C(=O)C(F)(F)F)=C2O)cc(I)c1O. The second kappa shape index (κ2) is 8.32. The second-order valence-electron chi connectivity index (χ2n) is 5.81. The maximum atomic E-state index is 12.8. The zero-order valence-electron chi connectivity index (χ0n) is 14.0. The average molecular weight is 482 g/mol. The first-order valence-corrected chi connectivity index (χ1v) is 9.13. The van der Waals surface area contributed by atoms with Gasteiger partial charge in [0, 0.05) is 5.57 Å².